The average Bonchev–Trinajstić information content (AvgIpc) is 2.91. The second-order valence-corrected chi connectivity index (χ2v) is 7.39. The van der Waals surface area contributed by atoms with Gasteiger partial charge < -0.3 is 4.90 Å². The number of non-ortho nitro benzene ring substituents is 1. The minimum atomic E-state index is -0.431. The molecule has 0 bridgehead atoms. The number of nitro groups is 1. The molecule has 0 saturated carbocycles. The summed E-state index contributed by atoms with van der Waals surface area (Å²) < 4.78 is 1.05. The first-order valence-corrected chi connectivity index (χ1v) is 8.11. The van der Waals surface area contributed by atoms with E-state index in [9.17, 15) is 14.9 Å². The molecular formula is C14H13IN2O3S. The van der Waals surface area contributed by atoms with E-state index in [1.54, 1.807) is 24.1 Å². The van der Waals surface area contributed by atoms with Gasteiger partial charge in [-0.15, -0.1) is 11.3 Å². The van der Waals surface area contributed by atoms with E-state index in [0.717, 1.165) is 8.45 Å². The maximum atomic E-state index is 12.4. The van der Waals surface area contributed by atoms with Crippen molar-refractivity contribution in [1.29, 1.82) is 0 Å². The van der Waals surface area contributed by atoms with Crippen molar-refractivity contribution < 1.29 is 9.72 Å². The minimum absolute atomic E-state index is 0.0327. The number of carbonyl (C=O) groups is 1. The predicted molar refractivity (Wildman–Crippen MR) is 90.6 cm³/mol. The quantitative estimate of drug-likeness (QED) is 0.429. The standard InChI is InChI=1S/C14H13IN2O3S/c1-9(10-4-3-5-12(6-10)17(19)20)16(2)14(18)11-7-13(15)21-8-11/h3-9H,1-2H3. The Bertz CT molecular complexity index is 686. The number of nitro benzene ring substituents is 1. The van der Waals surface area contributed by atoms with Gasteiger partial charge in [-0.25, -0.2) is 0 Å². The van der Waals surface area contributed by atoms with Crippen molar-refractivity contribution >= 4 is 45.5 Å². The van der Waals surface area contributed by atoms with Crippen molar-refractivity contribution in [2.24, 2.45) is 0 Å². The van der Waals surface area contributed by atoms with Gasteiger partial charge in [0.15, 0.2) is 0 Å². The Morgan fingerprint density at radius 1 is 1.43 bits per heavy atom. The molecule has 0 fully saturated rings. The molecule has 0 aliphatic carbocycles. The fourth-order valence-corrected chi connectivity index (χ4v) is 3.24. The van der Waals surface area contributed by atoms with Crippen LogP contribution in [0.15, 0.2) is 35.7 Å². The van der Waals surface area contributed by atoms with Crippen LogP contribution in [-0.2, 0) is 0 Å². The lowest BCUT2D eigenvalue weighted by atomic mass is 10.1. The molecule has 1 amide bonds. The van der Waals surface area contributed by atoms with Gasteiger partial charge in [0.05, 0.1) is 19.4 Å². The maximum Gasteiger partial charge on any atom is 0.269 e. The van der Waals surface area contributed by atoms with Crippen LogP contribution in [-0.4, -0.2) is 22.8 Å². The lowest BCUT2D eigenvalue weighted by Gasteiger charge is -2.25. The van der Waals surface area contributed by atoms with Crippen molar-refractivity contribution in [2.45, 2.75) is 13.0 Å². The zero-order valence-electron chi connectivity index (χ0n) is 11.4. The summed E-state index contributed by atoms with van der Waals surface area (Å²) in [5, 5.41) is 12.6. The Morgan fingerprint density at radius 2 is 2.14 bits per heavy atom. The number of rotatable bonds is 4. The number of benzene rings is 1. The highest BCUT2D eigenvalue weighted by Gasteiger charge is 2.21. The summed E-state index contributed by atoms with van der Waals surface area (Å²) in [4.78, 5) is 24.4. The van der Waals surface area contributed by atoms with Crippen molar-refractivity contribution in [2.75, 3.05) is 7.05 Å². The summed E-state index contributed by atoms with van der Waals surface area (Å²) in [6.45, 7) is 1.86. The van der Waals surface area contributed by atoms with Gasteiger partial charge in [-0.3, -0.25) is 14.9 Å². The molecule has 0 aliphatic rings. The molecule has 1 heterocycles. The first-order chi connectivity index (χ1) is 9.90. The van der Waals surface area contributed by atoms with E-state index in [1.807, 2.05) is 18.4 Å². The van der Waals surface area contributed by atoms with Crippen LogP contribution < -0.4 is 0 Å². The van der Waals surface area contributed by atoms with Gasteiger partial charge in [-0.05, 0) is 41.1 Å². The van der Waals surface area contributed by atoms with Gasteiger partial charge in [0.25, 0.3) is 11.6 Å². The van der Waals surface area contributed by atoms with E-state index in [1.165, 1.54) is 23.5 Å². The van der Waals surface area contributed by atoms with E-state index in [4.69, 9.17) is 0 Å². The van der Waals surface area contributed by atoms with Crippen LogP contribution >= 0.6 is 33.9 Å². The maximum absolute atomic E-state index is 12.4. The molecule has 0 saturated heterocycles. The Kier molecular flexibility index (Phi) is 4.94. The summed E-state index contributed by atoms with van der Waals surface area (Å²) in [6, 6.07) is 7.97. The predicted octanol–water partition coefficient (Wildman–Crippen LogP) is 4.09. The molecule has 1 aromatic heterocycles. The van der Waals surface area contributed by atoms with Crippen LogP contribution in [0.3, 0.4) is 0 Å². The molecule has 2 aromatic rings. The van der Waals surface area contributed by atoms with E-state index in [-0.39, 0.29) is 17.6 Å². The number of amides is 1. The Labute approximate surface area is 139 Å². The number of halogens is 1. The third-order valence-electron chi connectivity index (χ3n) is 3.28. The van der Waals surface area contributed by atoms with E-state index in [2.05, 4.69) is 22.6 Å². The molecule has 0 spiro atoms. The fraction of sp³-hybridized carbons (Fsp3) is 0.214. The molecular weight excluding hydrogens is 403 g/mol. The second-order valence-electron chi connectivity index (χ2n) is 4.58. The first-order valence-electron chi connectivity index (χ1n) is 6.15. The number of thiophene rings is 1. The third kappa shape index (κ3) is 3.59. The largest absolute Gasteiger partial charge is 0.335 e. The van der Waals surface area contributed by atoms with E-state index >= 15 is 0 Å². The topological polar surface area (TPSA) is 63.5 Å². The van der Waals surface area contributed by atoms with Crippen molar-refractivity contribution in [3.63, 3.8) is 0 Å². The molecule has 0 N–H and O–H groups in total. The molecule has 1 unspecified atom stereocenters. The SMILES string of the molecule is CC(c1cccc([N+](=O)[O-])c1)N(C)C(=O)c1csc(I)c1. The number of nitrogens with zero attached hydrogens (tertiary/aromatic N) is 2. The monoisotopic (exact) mass is 416 g/mol. The Balaban J connectivity index is 2.22. The molecule has 1 atom stereocenters. The summed E-state index contributed by atoms with van der Waals surface area (Å²) >= 11 is 3.68. The highest BCUT2D eigenvalue weighted by Crippen LogP contribution is 2.25. The molecule has 5 nitrogen and oxygen atoms in total. The third-order valence-corrected chi connectivity index (χ3v) is 5.07. The molecule has 0 aliphatic heterocycles. The van der Waals surface area contributed by atoms with Gasteiger partial charge in [-0.1, -0.05) is 12.1 Å². The van der Waals surface area contributed by atoms with Crippen LogP contribution in [0.25, 0.3) is 0 Å². The molecule has 2 rings (SSSR count). The normalized spacial score (nSPS) is 12.0. The summed E-state index contributed by atoms with van der Waals surface area (Å²) in [7, 11) is 1.70. The fourth-order valence-electron chi connectivity index (χ4n) is 1.92. The van der Waals surface area contributed by atoms with Crippen LogP contribution in [0.2, 0.25) is 0 Å². The molecule has 21 heavy (non-hydrogen) atoms. The second kappa shape index (κ2) is 6.52. The van der Waals surface area contributed by atoms with Crippen molar-refractivity contribution in [3.8, 4) is 0 Å². The van der Waals surface area contributed by atoms with Gasteiger partial charge in [0.1, 0.15) is 0 Å². The van der Waals surface area contributed by atoms with Crippen LogP contribution in [0.4, 0.5) is 5.69 Å². The molecule has 0 radical (unpaired) electrons. The summed E-state index contributed by atoms with van der Waals surface area (Å²) in [6.07, 6.45) is 0. The van der Waals surface area contributed by atoms with Gasteiger partial charge in [0, 0.05) is 24.6 Å². The van der Waals surface area contributed by atoms with Gasteiger partial charge in [0.2, 0.25) is 0 Å². The zero-order valence-corrected chi connectivity index (χ0v) is 14.4. The number of hydrogen-bond donors (Lipinski definition) is 0. The lowest BCUT2D eigenvalue weighted by Crippen LogP contribution is -2.29. The average molecular weight is 416 g/mol. The Hall–Kier alpha value is -1.48. The zero-order chi connectivity index (χ0) is 15.6. The van der Waals surface area contributed by atoms with Crippen LogP contribution in [0.5, 0.6) is 0 Å². The van der Waals surface area contributed by atoms with E-state index in [0.29, 0.717) is 5.56 Å². The van der Waals surface area contributed by atoms with Crippen molar-refractivity contribution in [1.82, 2.24) is 4.90 Å². The van der Waals surface area contributed by atoms with Crippen LogP contribution in [0, 0.1) is 13.0 Å². The Morgan fingerprint density at radius 3 is 2.71 bits per heavy atom. The molecule has 7 heteroatoms. The number of hydrogen-bond acceptors (Lipinski definition) is 4. The molecule has 110 valence electrons. The van der Waals surface area contributed by atoms with Gasteiger partial charge >= 0.3 is 0 Å². The highest BCUT2D eigenvalue weighted by molar-refractivity contribution is 14.1. The smallest absolute Gasteiger partial charge is 0.269 e. The van der Waals surface area contributed by atoms with Crippen LogP contribution in [0.1, 0.15) is 28.9 Å². The van der Waals surface area contributed by atoms with E-state index < -0.39 is 4.92 Å². The first kappa shape index (κ1) is 15.9. The molecule has 1 aromatic carbocycles. The highest BCUT2D eigenvalue weighted by atomic mass is 127. The minimum Gasteiger partial charge on any atom is -0.335 e. The number of carbonyl (C=O) groups excluding carboxylic acids is 1. The summed E-state index contributed by atoms with van der Waals surface area (Å²) in [5.41, 5.74) is 1.42. The summed E-state index contributed by atoms with van der Waals surface area (Å²) in [5.74, 6) is -0.0897. The van der Waals surface area contributed by atoms with Gasteiger partial charge in [-0.2, -0.15) is 0 Å². The van der Waals surface area contributed by atoms with Crippen molar-refractivity contribution in [3.05, 3.63) is 59.8 Å². The lowest BCUT2D eigenvalue weighted by molar-refractivity contribution is -0.384.